The summed E-state index contributed by atoms with van der Waals surface area (Å²) in [6.45, 7) is 1.76. The van der Waals surface area contributed by atoms with Gasteiger partial charge >= 0.3 is 0 Å². The molecule has 3 rings (SSSR count). The largest absolute Gasteiger partial charge is 0.360 e. The molecule has 0 aliphatic heterocycles. The van der Waals surface area contributed by atoms with Gasteiger partial charge in [-0.25, -0.2) is 8.42 Å². The number of terminal acetylenes is 1. The molecule has 3 aromatic rings. The summed E-state index contributed by atoms with van der Waals surface area (Å²) in [5.74, 6) is -0.568. The average molecular weight is 467 g/mol. The van der Waals surface area contributed by atoms with Crippen LogP contribution in [0.4, 0.5) is 5.82 Å². The number of carbonyl (C=O) groups is 2. The molecule has 2 amide bonds. The smallest absolute Gasteiger partial charge is 0.263 e. The lowest BCUT2D eigenvalue weighted by Gasteiger charge is -2.02. The summed E-state index contributed by atoms with van der Waals surface area (Å²) in [5.41, 5.74) is 0.721. The molecule has 0 saturated heterocycles. The van der Waals surface area contributed by atoms with E-state index >= 15 is 0 Å². The number of hydrogen-bond donors (Lipinski definition) is 1. The van der Waals surface area contributed by atoms with Crippen LogP contribution in [0.5, 0.6) is 0 Å². The molecule has 12 heteroatoms. The second-order valence-corrected chi connectivity index (χ2v) is 9.71. The van der Waals surface area contributed by atoms with E-state index in [-0.39, 0.29) is 17.2 Å². The second kappa shape index (κ2) is 8.83. The summed E-state index contributed by atoms with van der Waals surface area (Å²) in [5, 5.41) is 6.34. The van der Waals surface area contributed by atoms with Crippen molar-refractivity contribution >= 4 is 60.6 Å². The van der Waals surface area contributed by atoms with Crippen molar-refractivity contribution in [3.63, 3.8) is 0 Å². The van der Waals surface area contributed by atoms with Crippen LogP contribution in [0.15, 0.2) is 33.8 Å². The SMILES string of the molecule is C#CCn1c(=NC(=O)CS(=O)(=O)CC(=O)Nc2cc(C)on2)sc2cc(Cl)ccc21. The Kier molecular flexibility index (Phi) is 6.40. The monoisotopic (exact) mass is 466 g/mol. The Morgan fingerprint density at radius 3 is 2.80 bits per heavy atom. The molecule has 30 heavy (non-hydrogen) atoms. The van der Waals surface area contributed by atoms with Gasteiger partial charge in [-0.05, 0) is 25.1 Å². The summed E-state index contributed by atoms with van der Waals surface area (Å²) < 4.78 is 31.6. The van der Waals surface area contributed by atoms with Crippen molar-refractivity contribution in [1.29, 1.82) is 0 Å². The fourth-order valence-corrected chi connectivity index (χ4v) is 4.90. The minimum atomic E-state index is -4.06. The molecule has 0 unspecified atom stereocenters. The number of nitrogens with one attached hydrogen (secondary N) is 1. The number of aryl methyl sites for hydroxylation is 1. The first-order valence-corrected chi connectivity index (χ1v) is 11.4. The van der Waals surface area contributed by atoms with E-state index in [1.54, 1.807) is 29.7 Å². The van der Waals surface area contributed by atoms with Crippen LogP contribution in [-0.4, -0.2) is 41.5 Å². The molecule has 1 N–H and O–H groups in total. The molecule has 0 aliphatic carbocycles. The van der Waals surface area contributed by atoms with Gasteiger partial charge in [0.15, 0.2) is 20.5 Å². The second-order valence-electron chi connectivity index (χ2n) is 6.20. The van der Waals surface area contributed by atoms with Gasteiger partial charge in [-0.15, -0.1) is 6.42 Å². The fraction of sp³-hybridized carbons (Fsp3) is 0.222. The highest BCUT2D eigenvalue weighted by molar-refractivity contribution is 7.92. The third-order valence-corrected chi connectivity index (χ3v) is 6.37. The van der Waals surface area contributed by atoms with E-state index in [1.807, 2.05) is 0 Å². The Balaban J connectivity index is 1.78. The van der Waals surface area contributed by atoms with Gasteiger partial charge in [-0.2, -0.15) is 4.99 Å². The minimum absolute atomic E-state index is 0.0861. The van der Waals surface area contributed by atoms with Crippen molar-refractivity contribution in [2.75, 3.05) is 16.8 Å². The molecule has 0 fully saturated rings. The van der Waals surface area contributed by atoms with Gasteiger partial charge in [0.1, 0.15) is 17.3 Å². The molecule has 0 aliphatic rings. The van der Waals surface area contributed by atoms with E-state index in [0.717, 1.165) is 21.6 Å². The van der Waals surface area contributed by atoms with Gasteiger partial charge in [0.25, 0.3) is 5.91 Å². The Morgan fingerprint density at radius 2 is 2.13 bits per heavy atom. The molecule has 2 heterocycles. The molecule has 0 radical (unpaired) electrons. The first kappa shape index (κ1) is 21.8. The van der Waals surface area contributed by atoms with Crippen LogP contribution in [0.25, 0.3) is 10.2 Å². The predicted molar refractivity (Wildman–Crippen MR) is 113 cm³/mol. The van der Waals surface area contributed by atoms with Gasteiger partial charge in [0.05, 0.1) is 16.8 Å². The summed E-state index contributed by atoms with van der Waals surface area (Å²) >= 11 is 7.14. The number of sulfone groups is 1. The zero-order chi connectivity index (χ0) is 21.9. The Labute approximate surface area is 180 Å². The van der Waals surface area contributed by atoms with Crippen molar-refractivity contribution in [1.82, 2.24) is 9.72 Å². The van der Waals surface area contributed by atoms with E-state index in [2.05, 4.69) is 21.4 Å². The van der Waals surface area contributed by atoms with Crippen LogP contribution in [0.1, 0.15) is 5.76 Å². The lowest BCUT2D eigenvalue weighted by molar-refractivity contribution is -0.115. The van der Waals surface area contributed by atoms with Crippen molar-refractivity contribution in [3.05, 3.63) is 39.8 Å². The number of halogens is 1. The number of aromatic nitrogens is 2. The number of rotatable bonds is 6. The van der Waals surface area contributed by atoms with Gasteiger partial charge in [-0.1, -0.05) is 34.0 Å². The minimum Gasteiger partial charge on any atom is -0.360 e. The van der Waals surface area contributed by atoms with Crippen LogP contribution < -0.4 is 10.1 Å². The van der Waals surface area contributed by atoms with E-state index in [4.69, 9.17) is 22.5 Å². The number of nitrogens with zero attached hydrogens (tertiary/aromatic N) is 3. The molecule has 156 valence electrons. The van der Waals surface area contributed by atoms with Crippen LogP contribution in [0, 0.1) is 19.3 Å². The molecule has 0 bridgehead atoms. The molecular formula is C18H15ClN4O5S2. The maximum Gasteiger partial charge on any atom is 0.263 e. The zero-order valence-corrected chi connectivity index (χ0v) is 18.0. The first-order valence-electron chi connectivity index (χ1n) is 8.40. The highest BCUT2D eigenvalue weighted by Crippen LogP contribution is 2.21. The molecule has 0 atom stereocenters. The van der Waals surface area contributed by atoms with Crippen LogP contribution in [-0.2, 0) is 26.0 Å². The Bertz CT molecular complexity index is 1340. The van der Waals surface area contributed by atoms with E-state index in [0.29, 0.717) is 10.8 Å². The van der Waals surface area contributed by atoms with E-state index < -0.39 is 33.2 Å². The highest BCUT2D eigenvalue weighted by atomic mass is 35.5. The lowest BCUT2D eigenvalue weighted by Crippen LogP contribution is -2.28. The van der Waals surface area contributed by atoms with Gasteiger partial charge in [0.2, 0.25) is 5.91 Å². The molecular weight excluding hydrogens is 452 g/mol. The number of hydrogen-bond acceptors (Lipinski definition) is 7. The van der Waals surface area contributed by atoms with Crippen LogP contribution >= 0.6 is 22.9 Å². The van der Waals surface area contributed by atoms with Gasteiger partial charge in [0, 0.05) is 11.1 Å². The molecule has 9 nitrogen and oxygen atoms in total. The van der Waals surface area contributed by atoms with Crippen molar-refractivity contribution in [3.8, 4) is 12.3 Å². The number of thiazole rings is 1. The Hall–Kier alpha value is -2.94. The van der Waals surface area contributed by atoms with Gasteiger partial charge in [-0.3, -0.25) is 9.59 Å². The van der Waals surface area contributed by atoms with E-state index in [1.165, 1.54) is 6.07 Å². The number of anilines is 1. The number of fused-ring (bicyclic) bond motifs is 1. The van der Waals surface area contributed by atoms with Crippen molar-refractivity contribution < 1.29 is 22.5 Å². The molecule has 1 aromatic carbocycles. The summed E-state index contributed by atoms with van der Waals surface area (Å²) in [4.78, 5) is 28.3. The normalized spacial score (nSPS) is 12.1. The highest BCUT2D eigenvalue weighted by Gasteiger charge is 2.22. The maximum atomic E-state index is 12.3. The Morgan fingerprint density at radius 1 is 1.37 bits per heavy atom. The first-order chi connectivity index (χ1) is 14.2. The molecule has 0 spiro atoms. The summed E-state index contributed by atoms with van der Waals surface area (Å²) in [6, 6.07) is 6.55. The fourth-order valence-electron chi connectivity index (χ4n) is 2.56. The van der Waals surface area contributed by atoms with Crippen LogP contribution in [0.3, 0.4) is 0 Å². The third-order valence-electron chi connectivity index (χ3n) is 3.70. The van der Waals surface area contributed by atoms with E-state index in [9.17, 15) is 18.0 Å². The predicted octanol–water partition coefficient (Wildman–Crippen LogP) is 1.77. The standard InChI is InChI=1S/C18H15ClN4O5S2/c1-3-6-23-13-5-4-12(19)8-14(13)29-18(23)21-17(25)10-30(26,27)9-16(24)20-15-7-11(2)28-22-15/h1,4-5,7-8H,6,9-10H2,2H3,(H,20,22,24). The molecule has 2 aromatic heterocycles. The van der Waals surface area contributed by atoms with Crippen LogP contribution in [0.2, 0.25) is 5.02 Å². The lowest BCUT2D eigenvalue weighted by atomic mass is 10.3. The number of carbonyl (C=O) groups excluding carboxylic acids is 2. The third kappa shape index (κ3) is 5.35. The van der Waals surface area contributed by atoms with Gasteiger partial charge < -0.3 is 14.4 Å². The topological polar surface area (TPSA) is 124 Å². The van der Waals surface area contributed by atoms with Crippen molar-refractivity contribution in [2.24, 2.45) is 4.99 Å². The number of benzene rings is 1. The quantitative estimate of drug-likeness (QED) is 0.552. The maximum absolute atomic E-state index is 12.3. The van der Waals surface area contributed by atoms with Crippen molar-refractivity contribution in [2.45, 2.75) is 13.5 Å². The molecule has 0 saturated carbocycles. The zero-order valence-electron chi connectivity index (χ0n) is 15.6. The summed E-state index contributed by atoms with van der Waals surface area (Å²) in [6.07, 6.45) is 5.39. The summed E-state index contributed by atoms with van der Waals surface area (Å²) in [7, 11) is -4.06. The average Bonchev–Trinajstić information content (AvgIpc) is 3.17. The number of amides is 2.